The maximum Gasteiger partial charge on any atom is 0.123 e. The van der Waals surface area contributed by atoms with Gasteiger partial charge >= 0.3 is 0 Å². The standard InChI is InChI=1S/C14H20FNO/c1-2-9-16-12-5-8-14(10-12)17-13-6-3-11(15)4-7-13/h3-4,6-7,12,14,16H,2,5,8-10H2,1H3. The molecule has 1 fully saturated rings. The van der Waals surface area contributed by atoms with Crippen molar-refractivity contribution in [3.05, 3.63) is 30.1 Å². The van der Waals surface area contributed by atoms with Crippen molar-refractivity contribution in [2.75, 3.05) is 6.54 Å². The summed E-state index contributed by atoms with van der Waals surface area (Å²) in [4.78, 5) is 0. The van der Waals surface area contributed by atoms with Crippen molar-refractivity contribution in [1.29, 1.82) is 0 Å². The summed E-state index contributed by atoms with van der Waals surface area (Å²) >= 11 is 0. The summed E-state index contributed by atoms with van der Waals surface area (Å²) in [5.41, 5.74) is 0. The first kappa shape index (κ1) is 12.4. The number of hydrogen-bond donors (Lipinski definition) is 1. The lowest BCUT2D eigenvalue weighted by Crippen LogP contribution is -2.28. The Labute approximate surface area is 102 Å². The van der Waals surface area contributed by atoms with Crippen LogP contribution in [-0.4, -0.2) is 18.7 Å². The average molecular weight is 237 g/mol. The third-order valence-electron chi connectivity index (χ3n) is 3.18. The topological polar surface area (TPSA) is 21.3 Å². The molecule has 0 amide bonds. The van der Waals surface area contributed by atoms with Crippen LogP contribution in [0, 0.1) is 5.82 Å². The third kappa shape index (κ3) is 3.70. The Balaban J connectivity index is 1.79. The summed E-state index contributed by atoms with van der Waals surface area (Å²) in [7, 11) is 0. The predicted octanol–water partition coefficient (Wildman–Crippen LogP) is 3.13. The molecule has 2 nitrogen and oxygen atoms in total. The van der Waals surface area contributed by atoms with Crippen LogP contribution in [0.5, 0.6) is 5.75 Å². The van der Waals surface area contributed by atoms with E-state index < -0.39 is 0 Å². The van der Waals surface area contributed by atoms with Crippen LogP contribution >= 0.6 is 0 Å². The Morgan fingerprint density at radius 2 is 2.06 bits per heavy atom. The minimum absolute atomic E-state index is 0.216. The Kier molecular flexibility index (Phi) is 4.37. The minimum atomic E-state index is -0.216. The maximum absolute atomic E-state index is 12.7. The van der Waals surface area contributed by atoms with Crippen LogP contribution in [0.25, 0.3) is 0 Å². The lowest BCUT2D eigenvalue weighted by molar-refractivity contribution is 0.206. The van der Waals surface area contributed by atoms with Gasteiger partial charge in [0.15, 0.2) is 0 Å². The van der Waals surface area contributed by atoms with E-state index in [1.54, 1.807) is 12.1 Å². The highest BCUT2D eigenvalue weighted by atomic mass is 19.1. The summed E-state index contributed by atoms with van der Waals surface area (Å²) in [5.74, 6) is 0.554. The van der Waals surface area contributed by atoms with E-state index in [1.165, 1.54) is 25.0 Å². The van der Waals surface area contributed by atoms with Crippen molar-refractivity contribution in [3.8, 4) is 5.75 Å². The number of rotatable bonds is 5. The fourth-order valence-corrected chi connectivity index (χ4v) is 2.29. The largest absolute Gasteiger partial charge is 0.490 e. The molecule has 1 aromatic rings. The second kappa shape index (κ2) is 6.01. The quantitative estimate of drug-likeness (QED) is 0.849. The number of halogens is 1. The third-order valence-corrected chi connectivity index (χ3v) is 3.18. The van der Waals surface area contributed by atoms with E-state index in [4.69, 9.17) is 4.74 Å². The lowest BCUT2D eigenvalue weighted by atomic mass is 10.2. The van der Waals surface area contributed by atoms with Gasteiger partial charge in [0.1, 0.15) is 17.7 Å². The average Bonchev–Trinajstić information content (AvgIpc) is 2.77. The molecular formula is C14H20FNO. The zero-order valence-corrected chi connectivity index (χ0v) is 10.3. The van der Waals surface area contributed by atoms with Gasteiger partial charge in [-0.15, -0.1) is 0 Å². The molecule has 0 heterocycles. The normalized spacial score (nSPS) is 23.9. The van der Waals surface area contributed by atoms with Crippen LogP contribution in [0.4, 0.5) is 4.39 Å². The van der Waals surface area contributed by atoms with Gasteiger partial charge in [0.2, 0.25) is 0 Å². The zero-order valence-electron chi connectivity index (χ0n) is 10.3. The Bertz CT molecular complexity index is 339. The highest BCUT2D eigenvalue weighted by Crippen LogP contribution is 2.24. The van der Waals surface area contributed by atoms with Crippen molar-refractivity contribution in [1.82, 2.24) is 5.32 Å². The molecule has 0 radical (unpaired) electrons. The van der Waals surface area contributed by atoms with Crippen LogP contribution in [0.2, 0.25) is 0 Å². The Morgan fingerprint density at radius 3 is 2.76 bits per heavy atom. The van der Waals surface area contributed by atoms with Gasteiger partial charge in [0, 0.05) is 6.04 Å². The van der Waals surface area contributed by atoms with Crippen molar-refractivity contribution in [3.63, 3.8) is 0 Å². The SMILES string of the molecule is CCCNC1CCC(Oc2ccc(F)cc2)C1. The molecule has 1 aliphatic rings. The Morgan fingerprint density at radius 1 is 1.29 bits per heavy atom. The van der Waals surface area contributed by atoms with E-state index in [-0.39, 0.29) is 11.9 Å². The molecule has 1 aliphatic carbocycles. The first-order valence-electron chi connectivity index (χ1n) is 6.43. The summed E-state index contributed by atoms with van der Waals surface area (Å²) < 4.78 is 18.6. The molecule has 2 rings (SSSR count). The second-order valence-corrected chi connectivity index (χ2v) is 4.66. The Hall–Kier alpha value is -1.09. The predicted molar refractivity (Wildman–Crippen MR) is 66.7 cm³/mol. The highest BCUT2D eigenvalue weighted by Gasteiger charge is 2.25. The van der Waals surface area contributed by atoms with Gasteiger partial charge in [0.05, 0.1) is 0 Å². The van der Waals surface area contributed by atoms with Crippen molar-refractivity contribution < 1.29 is 9.13 Å². The zero-order chi connectivity index (χ0) is 12.1. The van der Waals surface area contributed by atoms with Crippen molar-refractivity contribution in [2.45, 2.75) is 44.8 Å². The van der Waals surface area contributed by atoms with E-state index in [9.17, 15) is 4.39 Å². The van der Waals surface area contributed by atoms with E-state index in [0.717, 1.165) is 25.1 Å². The molecule has 0 aliphatic heterocycles. The number of benzene rings is 1. The highest BCUT2D eigenvalue weighted by molar-refractivity contribution is 5.22. The van der Waals surface area contributed by atoms with Gasteiger partial charge in [-0.05, 0) is 56.5 Å². The molecule has 2 unspecified atom stereocenters. The van der Waals surface area contributed by atoms with E-state index in [1.807, 2.05) is 0 Å². The molecule has 0 spiro atoms. The van der Waals surface area contributed by atoms with Gasteiger partial charge < -0.3 is 10.1 Å². The van der Waals surface area contributed by atoms with Crippen LogP contribution in [0.15, 0.2) is 24.3 Å². The van der Waals surface area contributed by atoms with E-state index >= 15 is 0 Å². The van der Waals surface area contributed by atoms with E-state index in [2.05, 4.69) is 12.2 Å². The molecule has 0 saturated heterocycles. The molecule has 1 saturated carbocycles. The van der Waals surface area contributed by atoms with E-state index in [0.29, 0.717) is 6.04 Å². The molecule has 2 atom stereocenters. The second-order valence-electron chi connectivity index (χ2n) is 4.66. The van der Waals surface area contributed by atoms with Crippen LogP contribution in [-0.2, 0) is 0 Å². The smallest absolute Gasteiger partial charge is 0.123 e. The molecule has 17 heavy (non-hydrogen) atoms. The molecule has 3 heteroatoms. The number of ether oxygens (including phenoxy) is 1. The minimum Gasteiger partial charge on any atom is -0.490 e. The van der Waals surface area contributed by atoms with Crippen LogP contribution in [0.1, 0.15) is 32.6 Å². The molecule has 94 valence electrons. The fourth-order valence-electron chi connectivity index (χ4n) is 2.29. The molecular weight excluding hydrogens is 217 g/mol. The monoisotopic (exact) mass is 237 g/mol. The van der Waals surface area contributed by atoms with Crippen molar-refractivity contribution in [2.24, 2.45) is 0 Å². The molecule has 0 bridgehead atoms. The molecule has 1 aromatic carbocycles. The summed E-state index contributed by atoms with van der Waals surface area (Å²) in [6, 6.07) is 6.86. The van der Waals surface area contributed by atoms with Gasteiger partial charge in [0.25, 0.3) is 0 Å². The molecule has 0 aromatic heterocycles. The number of nitrogens with one attached hydrogen (secondary N) is 1. The van der Waals surface area contributed by atoms with Gasteiger partial charge in [-0.2, -0.15) is 0 Å². The van der Waals surface area contributed by atoms with Crippen molar-refractivity contribution >= 4 is 0 Å². The lowest BCUT2D eigenvalue weighted by Gasteiger charge is -2.14. The van der Waals surface area contributed by atoms with Crippen LogP contribution in [0.3, 0.4) is 0 Å². The van der Waals surface area contributed by atoms with Gasteiger partial charge in [-0.3, -0.25) is 0 Å². The van der Waals surface area contributed by atoms with Gasteiger partial charge in [-0.1, -0.05) is 6.92 Å². The summed E-state index contributed by atoms with van der Waals surface area (Å²) in [5, 5.41) is 3.52. The fraction of sp³-hybridized carbons (Fsp3) is 0.571. The summed E-state index contributed by atoms with van der Waals surface area (Å²) in [6.07, 6.45) is 4.75. The van der Waals surface area contributed by atoms with Crippen LogP contribution < -0.4 is 10.1 Å². The first-order valence-corrected chi connectivity index (χ1v) is 6.43. The first-order chi connectivity index (χ1) is 8.28. The molecule has 1 N–H and O–H groups in total. The summed E-state index contributed by atoms with van der Waals surface area (Å²) in [6.45, 7) is 3.25. The maximum atomic E-state index is 12.7. The number of hydrogen-bond acceptors (Lipinski definition) is 2. The van der Waals surface area contributed by atoms with Gasteiger partial charge in [-0.25, -0.2) is 4.39 Å².